The quantitative estimate of drug-likeness (QED) is 0.905. The van der Waals surface area contributed by atoms with E-state index in [-0.39, 0.29) is 11.7 Å². The summed E-state index contributed by atoms with van der Waals surface area (Å²) < 4.78 is 5.68. The zero-order valence-corrected chi connectivity index (χ0v) is 14.3. The Balaban J connectivity index is 1.98. The first-order chi connectivity index (χ1) is 11.6. The number of phenols is 1. The van der Waals surface area contributed by atoms with E-state index >= 15 is 0 Å². The molecule has 0 saturated carbocycles. The Hall–Kier alpha value is -2.20. The van der Waals surface area contributed by atoms with E-state index in [9.17, 15) is 9.90 Å². The number of halogens is 1. The number of amides is 1. The first-order valence-corrected chi connectivity index (χ1v) is 8.48. The molecule has 4 nitrogen and oxygen atoms in total. The molecule has 0 spiro atoms. The lowest BCUT2D eigenvalue weighted by molar-refractivity contribution is -0.131. The van der Waals surface area contributed by atoms with E-state index < -0.39 is 0 Å². The van der Waals surface area contributed by atoms with E-state index in [1.807, 2.05) is 37.3 Å². The maximum atomic E-state index is 12.2. The molecule has 0 aliphatic carbocycles. The molecule has 24 heavy (non-hydrogen) atoms. The Kier molecular flexibility index (Phi) is 4.95. The highest BCUT2D eigenvalue weighted by atomic mass is 35.5. The van der Waals surface area contributed by atoms with Crippen LogP contribution in [0.5, 0.6) is 11.5 Å². The van der Waals surface area contributed by atoms with Gasteiger partial charge in [-0.2, -0.15) is 0 Å². The highest BCUT2D eigenvalue weighted by Gasteiger charge is 2.22. The first-order valence-electron chi connectivity index (χ1n) is 8.11. The van der Waals surface area contributed by atoms with Gasteiger partial charge in [-0.1, -0.05) is 30.7 Å². The van der Waals surface area contributed by atoms with E-state index in [1.165, 1.54) is 0 Å². The van der Waals surface area contributed by atoms with Crippen molar-refractivity contribution in [2.75, 3.05) is 13.2 Å². The minimum absolute atomic E-state index is 0.0901. The van der Waals surface area contributed by atoms with Gasteiger partial charge in [-0.05, 0) is 41.8 Å². The molecule has 1 aliphatic heterocycles. The Morgan fingerprint density at radius 2 is 2.12 bits per heavy atom. The summed E-state index contributed by atoms with van der Waals surface area (Å²) >= 11 is 6.06. The highest BCUT2D eigenvalue weighted by molar-refractivity contribution is 6.30. The highest BCUT2D eigenvalue weighted by Crippen LogP contribution is 2.38. The molecule has 1 N–H and O–H groups in total. The van der Waals surface area contributed by atoms with Crippen LogP contribution in [0, 0.1) is 0 Å². The van der Waals surface area contributed by atoms with E-state index in [1.54, 1.807) is 11.0 Å². The van der Waals surface area contributed by atoms with Crippen molar-refractivity contribution in [2.45, 2.75) is 26.3 Å². The molecule has 0 unspecified atom stereocenters. The summed E-state index contributed by atoms with van der Waals surface area (Å²) in [6.45, 7) is 3.34. The predicted molar refractivity (Wildman–Crippen MR) is 94.4 cm³/mol. The molecular formula is C19H20ClNO3. The average molecular weight is 346 g/mol. The lowest BCUT2D eigenvalue weighted by Crippen LogP contribution is -2.32. The van der Waals surface area contributed by atoms with Crippen LogP contribution in [0.25, 0.3) is 11.1 Å². The van der Waals surface area contributed by atoms with Gasteiger partial charge in [0, 0.05) is 23.6 Å². The molecule has 1 amide bonds. The van der Waals surface area contributed by atoms with Gasteiger partial charge >= 0.3 is 0 Å². The number of fused-ring (bicyclic) bond motifs is 1. The van der Waals surface area contributed by atoms with Crippen molar-refractivity contribution in [1.82, 2.24) is 4.90 Å². The third kappa shape index (κ3) is 3.49. The van der Waals surface area contributed by atoms with Crippen LogP contribution in [-0.2, 0) is 11.3 Å². The number of hydrogen-bond donors (Lipinski definition) is 1. The van der Waals surface area contributed by atoms with Gasteiger partial charge in [0.15, 0.2) is 11.5 Å². The van der Waals surface area contributed by atoms with Crippen molar-refractivity contribution < 1.29 is 14.6 Å². The zero-order valence-electron chi connectivity index (χ0n) is 13.6. The fourth-order valence-electron chi connectivity index (χ4n) is 2.92. The van der Waals surface area contributed by atoms with Crippen LogP contribution in [-0.4, -0.2) is 29.1 Å². The fourth-order valence-corrected chi connectivity index (χ4v) is 3.11. The molecule has 0 aromatic heterocycles. The minimum atomic E-state index is 0.0901. The van der Waals surface area contributed by atoms with Crippen LogP contribution < -0.4 is 4.74 Å². The minimum Gasteiger partial charge on any atom is -0.504 e. The lowest BCUT2D eigenvalue weighted by Gasteiger charge is -2.19. The molecule has 2 aromatic rings. The number of nitrogens with zero attached hydrogens (tertiary/aromatic N) is 1. The molecular weight excluding hydrogens is 326 g/mol. The molecule has 0 atom stereocenters. The van der Waals surface area contributed by atoms with Crippen molar-refractivity contribution in [3.05, 3.63) is 47.0 Å². The number of carbonyl (C=O) groups is 1. The molecule has 2 aromatic carbocycles. The molecule has 0 bridgehead atoms. The zero-order chi connectivity index (χ0) is 17.1. The Labute approximate surface area is 146 Å². The molecule has 1 heterocycles. The summed E-state index contributed by atoms with van der Waals surface area (Å²) in [5.41, 5.74) is 2.57. The van der Waals surface area contributed by atoms with Gasteiger partial charge in [-0.25, -0.2) is 0 Å². The van der Waals surface area contributed by atoms with Crippen LogP contribution in [0.15, 0.2) is 36.4 Å². The molecule has 0 saturated heterocycles. The topological polar surface area (TPSA) is 49.8 Å². The van der Waals surface area contributed by atoms with Gasteiger partial charge in [-0.3, -0.25) is 4.79 Å². The Morgan fingerprint density at radius 3 is 2.88 bits per heavy atom. The summed E-state index contributed by atoms with van der Waals surface area (Å²) in [6, 6.07) is 11.1. The normalized spacial score (nSPS) is 13.8. The van der Waals surface area contributed by atoms with Gasteiger partial charge in [0.05, 0.1) is 6.54 Å². The number of benzene rings is 2. The van der Waals surface area contributed by atoms with Crippen molar-refractivity contribution in [3.8, 4) is 22.6 Å². The van der Waals surface area contributed by atoms with Gasteiger partial charge in [0.2, 0.25) is 5.91 Å². The molecule has 126 valence electrons. The number of carbonyl (C=O) groups excluding carboxylic acids is 1. The SMILES string of the molecule is CCCC(=O)N1CCOc2c(O)cc(-c3cccc(Cl)c3)cc2C1. The summed E-state index contributed by atoms with van der Waals surface area (Å²) in [4.78, 5) is 14.0. The van der Waals surface area contributed by atoms with Crippen molar-refractivity contribution >= 4 is 17.5 Å². The summed E-state index contributed by atoms with van der Waals surface area (Å²) in [6.07, 6.45) is 1.34. The number of rotatable bonds is 3. The molecule has 0 fully saturated rings. The number of ether oxygens (including phenoxy) is 1. The standard InChI is InChI=1S/C19H20ClNO3/c1-2-4-18(23)21-7-8-24-19-15(12-21)9-14(11-17(19)22)13-5-3-6-16(20)10-13/h3,5-6,9-11,22H,2,4,7-8,12H2,1H3. The Bertz CT molecular complexity index is 760. The van der Waals surface area contributed by atoms with Gasteiger partial charge in [0.25, 0.3) is 0 Å². The molecule has 5 heteroatoms. The lowest BCUT2D eigenvalue weighted by atomic mass is 10.0. The van der Waals surface area contributed by atoms with Crippen molar-refractivity contribution in [2.24, 2.45) is 0 Å². The maximum absolute atomic E-state index is 12.2. The first kappa shape index (κ1) is 16.7. The van der Waals surface area contributed by atoms with E-state index in [0.29, 0.717) is 36.9 Å². The smallest absolute Gasteiger partial charge is 0.222 e. The summed E-state index contributed by atoms with van der Waals surface area (Å²) in [7, 11) is 0. The van der Waals surface area contributed by atoms with Crippen LogP contribution in [0.3, 0.4) is 0 Å². The fraction of sp³-hybridized carbons (Fsp3) is 0.316. The second-order valence-electron chi connectivity index (χ2n) is 5.91. The third-order valence-corrected chi connectivity index (χ3v) is 4.32. The van der Waals surface area contributed by atoms with Gasteiger partial charge in [-0.15, -0.1) is 0 Å². The van der Waals surface area contributed by atoms with Crippen LogP contribution in [0.4, 0.5) is 0 Å². The third-order valence-electron chi connectivity index (χ3n) is 4.09. The van der Waals surface area contributed by atoms with Crippen molar-refractivity contribution in [3.63, 3.8) is 0 Å². The largest absolute Gasteiger partial charge is 0.504 e. The summed E-state index contributed by atoms with van der Waals surface area (Å²) in [5, 5.41) is 11.0. The van der Waals surface area contributed by atoms with E-state index in [0.717, 1.165) is 23.1 Å². The van der Waals surface area contributed by atoms with Crippen LogP contribution >= 0.6 is 11.6 Å². The number of phenolic OH excluding ortho intramolecular Hbond substituents is 1. The van der Waals surface area contributed by atoms with E-state index in [2.05, 4.69) is 0 Å². The van der Waals surface area contributed by atoms with Gasteiger partial charge in [0.1, 0.15) is 6.61 Å². The molecule has 1 aliphatic rings. The van der Waals surface area contributed by atoms with Crippen LogP contribution in [0.2, 0.25) is 5.02 Å². The predicted octanol–water partition coefficient (Wildman–Crippen LogP) is 4.23. The Morgan fingerprint density at radius 1 is 1.29 bits per heavy atom. The van der Waals surface area contributed by atoms with Crippen molar-refractivity contribution in [1.29, 1.82) is 0 Å². The average Bonchev–Trinajstić information content (AvgIpc) is 2.78. The van der Waals surface area contributed by atoms with Gasteiger partial charge < -0.3 is 14.7 Å². The second-order valence-corrected chi connectivity index (χ2v) is 6.34. The number of hydrogen-bond acceptors (Lipinski definition) is 3. The molecule has 3 rings (SSSR count). The summed E-state index contributed by atoms with van der Waals surface area (Å²) in [5.74, 6) is 0.668. The molecule has 0 radical (unpaired) electrons. The van der Waals surface area contributed by atoms with Crippen LogP contribution in [0.1, 0.15) is 25.3 Å². The monoisotopic (exact) mass is 345 g/mol. The second kappa shape index (κ2) is 7.14. The number of aromatic hydroxyl groups is 1. The maximum Gasteiger partial charge on any atom is 0.222 e. The van der Waals surface area contributed by atoms with E-state index in [4.69, 9.17) is 16.3 Å².